The zero-order valence-electron chi connectivity index (χ0n) is 4.86. The number of carbonyl (C=O) groups is 1. The van der Waals surface area contributed by atoms with Gasteiger partial charge in [-0.05, 0) is 13.3 Å². The van der Waals surface area contributed by atoms with Gasteiger partial charge in [0, 0.05) is 12.0 Å². The van der Waals surface area contributed by atoms with Crippen molar-refractivity contribution >= 4 is 17.4 Å². The number of rotatable bonds is 3. The number of carbonyl (C=O) groups excluding carboxylic acids is 1. The maximum atomic E-state index is 10.2. The van der Waals surface area contributed by atoms with Crippen LogP contribution in [0, 0.1) is 0 Å². The first-order valence-electron chi connectivity index (χ1n) is 2.52. The van der Waals surface area contributed by atoms with E-state index in [9.17, 15) is 4.79 Å². The molecule has 0 bridgehead atoms. The Balaban J connectivity index is 3.05. The van der Waals surface area contributed by atoms with Crippen LogP contribution in [-0.4, -0.2) is 5.78 Å². The van der Waals surface area contributed by atoms with Gasteiger partial charge in [0.1, 0.15) is 5.78 Å². The highest BCUT2D eigenvalue weighted by Gasteiger charge is 1.86. The minimum Gasteiger partial charge on any atom is -0.300 e. The van der Waals surface area contributed by atoms with Crippen LogP contribution < -0.4 is 0 Å². The van der Waals surface area contributed by atoms with E-state index in [0.717, 1.165) is 6.42 Å². The summed E-state index contributed by atoms with van der Waals surface area (Å²) >= 11 is 5.19. The second-order valence-corrected chi connectivity index (χ2v) is 1.85. The van der Waals surface area contributed by atoms with Crippen LogP contribution in [0.15, 0.2) is 11.6 Å². The Labute approximate surface area is 54.3 Å². The molecule has 2 heteroatoms. The molecule has 0 rings (SSSR count). The molecule has 0 aromatic heterocycles. The molecule has 8 heavy (non-hydrogen) atoms. The zero-order chi connectivity index (χ0) is 6.41. The van der Waals surface area contributed by atoms with Gasteiger partial charge in [0.15, 0.2) is 0 Å². The van der Waals surface area contributed by atoms with Gasteiger partial charge in [-0.3, -0.25) is 0 Å². The summed E-state index contributed by atoms with van der Waals surface area (Å²) in [5.74, 6) is 0.208. The summed E-state index contributed by atoms with van der Waals surface area (Å²) < 4.78 is 0. The Morgan fingerprint density at radius 2 is 2.38 bits per heavy atom. The third kappa shape index (κ3) is 5.70. The highest BCUT2D eigenvalue weighted by Crippen LogP contribution is 1.92. The fourth-order valence-corrected chi connectivity index (χ4v) is 0.476. The van der Waals surface area contributed by atoms with Gasteiger partial charge in [0.05, 0.1) is 0 Å². The van der Waals surface area contributed by atoms with Crippen LogP contribution in [-0.2, 0) is 4.79 Å². The van der Waals surface area contributed by atoms with Crippen LogP contribution in [0.1, 0.15) is 19.8 Å². The number of halogens is 1. The average molecular weight is 133 g/mol. The number of hydrogen-bond donors (Lipinski definition) is 0. The summed E-state index contributed by atoms with van der Waals surface area (Å²) in [6.45, 7) is 1.57. The van der Waals surface area contributed by atoms with Crippen LogP contribution in [0.5, 0.6) is 0 Å². The van der Waals surface area contributed by atoms with E-state index in [0.29, 0.717) is 6.42 Å². The van der Waals surface area contributed by atoms with Crippen LogP contribution in [0.25, 0.3) is 0 Å². The third-order valence-corrected chi connectivity index (χ3v) is 0.930. The fourth-order valence-electron chi connectivity index (χ4n) is 0.350. The highest BCUT2D eigenvalue weighted by molar-refractivity contribution is 6.25. The summed E-state index contributed by atoms with van der Waals surface area (Å²) in [6, 6.07) is 0. The maximum Gasteiger partial charge on any atom is 0.130 e. The van der Waals surface area contributed by atoms with Crippen molar-refractivity contribution in [2.24, 2.45) is 0 Å². The summed E-state index contributed by atoms with van der Waals surface area (Å²) in [5, 5.41) is 0. The fraction of sp³-hybridized carbons (Fsp3) is 0.500. The van der Waals surface area contributed by atoms with Gasteiger partial charge in [-0.15, -0.1) is 0 Å². The quantitative estimate of drug-likeness (QED) is 0.575. The van der Waals surface area contributed by atoms with Gasteiger partial charge >= 0.3 is 0 Å². The van der Waals surface area contributed by atoms with E-state index >= 15 is 0 Å². The highest BCUT2D eigenvalue weighted by atomic mass is 35.5. The summed E-state index contributed by atoms with van der Waals surface area (Å²) in [4.78, 5) is 10.2. The molecule has 0 saturated carbocycles. The molecule has 0 amide bonds. The maximum absolute atomic E-state index is 10.2. The monoisotopic (exact) mass is 132 g/mol. The molecule has 0 aliphatic carbocycles. The van der Waals surface area contributed by atoms with E-state index in [1.54, 1.807) is 13.0 Å². The predicted molar refractivity (Wildman–Crippen MR) is 34.9 cm³/mol. The topological polar surface area (TPSA) is 17.1 Å². The first-order chi connectivity index (χ1) is 3.77. The Bertz CT molecular complexity index is 96.7. The van der Waals surface area contributed by atoms with E-state index in [1.165, 1.54) is 5.54 Å². The molecule has 0 saturated heterocycles. The largest absolute Gasteiger partial charge is 0.300 e. The molecule has 1 nitrogen and oxygen atoms in total. The zero-order valence-corrected chi connectivity index (χ0v) is 5.61. The lowest BCUT2D eigenvalue weighted by Crippen LogP contribution is -1.85. The molecule has 0 spiro atoms. The minimum absolute atomic E-state index is 0.208. The molecule has 46 valence electrons. The van der Waals surface area contributed by atoms with Crippen molar-refractivity contribution in [1.82, 2.24) is 0 Å². The lowest BCUT2D eigenvalue weighted by Gasteiger charge is -1.83. The van der Waals surface area contributed by atoms with E-state index < -0.39 is 0 Å². The third-order valence-electron chi connectivity index (χ3n) is 0.752. The van der Waals surface area contributed by atoms with Gasteiger partial charge in [0.25, 0.3) is 0 Å². The van der Waals surface area contributed by atoms with Crippen LogP contribution in [0.4, 0.5) is 0 Å². The Hall–Kier alpha value is -0.300. The van der Waals surface area contributed by atoms with Gasteiger partial charge < -0.3 is 4.79 Å². The normalized spacial score (nSPS) is 10.2. The van der Waals surface area contributed by atoms with Crippen molar-refractivity contribution in [2.45, 2.75) is 19.8 Å². The van der Waals surface area contributed by atoms with E-state index in [1.807, 2.05) is 0 Å². The Morgan fingerprint density at radius 1 is 1.75 bits per heavy atom. The second-order valence-electron chi connectivity index (χ2n) is 1.60. The molecule has 0 aromatic rings. The van der Waals surface area contributed by atoms with Crippen molar-refractivity contribution < 1.29 is 4.79 Å². The second kappa shape index (κ2) is 4.85. The van der Waals surface area contributed by atoms with Crippen LogP contribution >= 0.6 is 11.6 Å². The lowest BCUT2D eigenvalue weighted by molar-refractivity contribution is -0.116. The van der Waals surface area contributed by atoms with Gasteiger partial charge in [0.2, 0.25) is 0 Å². The SMILES string of the molecule is CC(=O)CCC=CCl. The van der Waals surface area contributed by atoms with Crippen LogP contribution in [0.2, 0.25) is 0 Å². The molecule has 0 N–H and O–H groups in total. The molecule has 0 aliphatic heterocycles. The molecule has 0 aromatic carbocycles. The minimum atomic E-state index is 0.208. The number of allylic oxidation sites excluding steroid dienone is 1. The predicted octanol–water partition coefficient (Wildman–Crippen LogP) is 2.11. The number of hydrogen-bond acceptors (Lipinski definition) is 1. The van der Waals surface area contributed by atoms with Crippen LogP contribution in [0.3, 0.4) is 0 Å². The van der Waals surface area contributed by atoms with E-state index in [4.69, 9.17) is 11.6 Å². The first kappa shape index (κ1) is 7.70. The van der Waals surface area contributed by atoms with E-state index in [-0.39, 0.29) is 5.78 Å². The molecule has 0 aliphatic rings. The Kier molecular flexibility index (Phi) is 4.67. The number of Topliss-reactive ketones (excluding diaryl/α,β-unsaturated/α-hetero) is 1. The van der Waals surface area contributed by atoms with Gasteiger partial charge in [-0.25, -0.2) is 0 Å². The summed E-state index contributed by atoms with van der Waals surface area (Å²) in [6.07, 6.45) is 3.13. The summed E-state index contributed by atoms with van der Waals surface area (Å²) in [5.41, 5.74) is 1.43. The average Bonchev–Trinajstić information content (AvgIpc) is 1.66. The van der Waals surface area contributed by atoms with Crippen molar-refractivity contribution in [3.63, 3.8) is 0 Å². The first-order valence-corrected chi connectivity index (χ1v) is 2.95. The molecule has 0 fully saturated rings. The lowest BCUT2D eigenvalue weighted by atomic mass is 10.2. The van der Waals surface area contributed by atoms with Gasteiger partial charge in [-0.2, -0.15) is 0 Å². The standard InChI is InChI=1S/C6H9ClO/c1-6(8)4-2-3-5-7/h3,5H,2,4H2,1H3. The van der Waals surface area contributed by atoms with Crippen molar-refractivity contribution in [2.75, 3.05) is 0 Å². The molecule has 0 heterocycles. The Morgan fingerprint density at radius 3 is 2.75 bits per heavy atom. The molecular formula is C6H9ClO. The number of ketones is 1. The molecule has 0 unspecified atom stereocenters. The van der Waals surface area contributed by atoms with Gasteiger partial charge in [-0.1, -0.05) is 17.7 Å². The van der Waals surface area contributed by atoms with Crippen molar-refractivity contribution in [1.29, 1.82) is 0 Å². The van der Waals surface area contributed by atoms with Crippen molar-refractivity contribution in [3.05, 3.63) is 11.6 Å². The van der Waals surface area contributed by atoms with Crippen molar-refractivity contribution in [3.8, 4) is 0 Å². The van der Waals surface area contributed by atoms with E-state index in [2.05, 4.69) is 0 Å². The summed E-state index contributed by atoms with van der Waals surface area (Å²) in [7, 11) is 0. The molecule has 0 radical (unpaired) electrons. The smallest absolute Gasteiger partial charge is 0.130 e. The molecule has 0 atom stereocenters. The molecular weight excluding hydrogens is 124 g/mol.